The van der Waals surface area contributed by atoms with Crippen LogP contribution in [0.4, 0.5) is 0 Å². The number of carboxylic acid groups (broad SMARTS) is 1. The maximum atomic E-state index is 11.2. The molecule has 0 aromatic carbocycles. The predicted octanol–water partition coefficient (Wildman–Crippen LogP) is -1.96. The standard InChI is InChI=1S/C9H14N4O3.H2O.Zn/c10-2-1-8(14)13-7(9(15)16)3-6-4-11-5-12-6;;/h4-5,7H,1-3,10H2,(H,11,12)(H,13,14)(H,15,16);1H2;. The van der Waals surface area contributed by atoms with Crippen LogP contribution in [0.3, 0.4) is 0 Å². The number of carboxylic acids is 1. The normalized spacial score (nSPS) is 10.7. The van der Waals surface area contributed by atoms with Gasteiger partial charge in [-0.25, -0.2) is 9.78 Å². The Morgan fingerprint density at radius 2 is 2.22 bits per heavy atom. The van der Waals surface area contributed by atoms with Crippen molar-refractivity contribution in [1.82, 2.24) is 15.3 Å². The van der Waals surface area contributed by atoms with Crippen LogP contribution >= 0.6 is 0 Å². The minimum Gasteiger partial charge on any atom is -0.480 e. The molecule has 0 aliphatic rings. The summed E-state index contributed by atoms with van der Waals surface area (Å²) >= 11 is 0. The maximum Gasteiger partial charge on any atom is 0.326 e. The fourth-order valence-corrected chi connectivity index (χ4v) is 1.21. The molecule has 1 rings (SSSR count). The quantitative estimate of drug-likeness (QED) is 0.450. The molecule has 1 unspecified atom stereocenters. The van der Waals surface area contributed by atoms with E-state index in [9.17, 15) is 9.59 Å². The van der Waals surface area contributed by atoms with Gasteiger partial charge >= 0.3 is 5.97 Å². The van der Waals surface area contributed by atoms with Crippen molar-refractivity contribution in [2.75, 3.05) is 6.54 Å². The molecule has 0 radical (unpaired) electrons. The molecule has 98 valence electrons. The SMILES string of the molecule is NCCC(=O)NC(Cc1cnc[nH]1)C(=O)O.O.[Zn]. The third kappa shape index (κ3) is 6.43. The number of imidazole rings is 1. The summed E-state index contributed by atoms with van der Waals surface area (Å²) in [5.41, 5.74) is 5.85. The average Bonchev–Trinajstić information content (AvgIpc) is 2.69. The van der Waals surface area contributed by atoms with Crippen LogP contribution in [-0.4, -0.2) is 45.0 Å². The number of aromatic nitrogens is 2. The monoisotopic (exact) mass is 308 g/mol. The van der Waals surface area contributed by atoms with Crippen molar-refractivity contribution in [3.63, 3.8) is 0 Å². The Morgan fingerprint density at radius 1 is 1.56 bits per heavy atom. The minimum absolute atomic E-state index is 0. The van der Waals surface area contributed by atoms with Gasteiger partial charge in [0.2, 0.25) is 5.91 Å². The molecule has 9 heteroatoms. The van der Waals surface area contributed by atoms with Crippen molar-refractivity contribution < 1.29 is 39.6 Å². The second-order valence-electron chi connectivity index (χ2n) is 3.28. The summed E-state index contributed by atoms with van der Waals surface area (Å²) in [4.78, 5) is 28.6. The molecule has 8 nitrogen and oxygen atoms in total. The summed E-state index contributed by atoms with van der Waals surface area (Å²) in [5, 5.41) is 11.3. The van der Waals surface area contributed by atoms with Gasteiger partial charge in [-0.15, -0.1) is 0 Å². The molecule has 0 fully saturated rings. The van der Waals surface area contributed by atoms with Crippen molar-refractivity contribution in [2.45, 2.75) is 18.9 Å². The Bertz CT molecular complexity index is 357. The summed E-state index contributed by atoms with van der Waals surface area (Å²) < 4.78 is 0. The number of nitrogens with zero attached hydrogens (tertiary/aromatic N) is 1. The van der Waals surface area contributed by atoms with Crippen LogP contribution in [0.15, 0.2) is 12.5 Å². The first-order chi connectivity index (χ1) is 7.63. The molecule has 0 saturated heterocycles. The van der Waals surface area contributed by atoms with E-state index in [1.54, 1.807) is 0 Å². The molecule has 1 atom stereocenters. The van der Waals surface area contributed by atoms with Crippen LogP contribution in [0.5, 0.6) is 0 Å². The molecule has 0 aliphatic heterocycles. The molecule has 1 aromatic heterocycles. The summed E-state index contributed by atoms with van der Waals surface area (Å²) in [6.07, 6.45) is 3.26. The smallest absolute Gasteiger partial charge is 0.326 e. The molecule has 7 N–H and O–H groups in total. The van der Waals surface area contributed by atoms with Gasteiger partial charge in [-0.3, -0.25) is 4.79 Å². The van der Waals surface area contributed by atoms with Crippen molar-refractivity contribution in [3.8, 4) is 0 Å². The van der Waals surface area contributed by atoms with E-state index < -0.39 is 12.0 Å². The summed E-state index contributed by atoms with van der Waals surface area (Å²) in [5.74, 6) is -1.45. The molecular weight excluding hydrogens is 294 g/mol. The Balaban J connectivity index is 0. The van der Waals surface area contributed by atoms with Gasteiger partial charge in [0.1, 0.15) is 6.04 Å². The van der Waals surface area contributed by atoms with Crippen molar-refractivity contribution >= 4 is 11.9 Å². The number of H-pyrrole nitrogens is 1. The van der Waals surface area contributed by atoms with Crippen LogP contribution in [0.2, 0.25) is 0 Å². The van der Waals surface area contributed by atoms with Gasteiger partial charge in [0.25, 0.3) is 0 Å². The second kappa shape index (κ2) is 9.70. The molecule has 0 aliphatic carbocycles. The maximum absolute atomic E-state index is 11.2. The number of aromatic amines is 1. The van der Waals surface area contributed by atoms with Gasteiger partial charge < -0.3 is 26.6 Å². The zero-order valence-corrected chi connectivity index (χ0v) is 12.8. The number of hydrogen-bond donors (Lipinski definition) is 4. The number of aliphatic carboxylic acids is 1. The number of amides is 1. The van der Waals surface area contributed by atoms with E-state index in [4.69, 9.17) is 10.8 Å². The third-order valence-electron chi connectivity index (χ3n) is 1.98. The topological polar surface area (TPSA) is 153 Å². The van der Waals surface area contributed by atoms with Gasteiger partial charge in [0.05, 0.1) is 6.33 Å². The first kappa shape index (κ1) is 19.0. The molecular formula is C9H16N4O4Zn. The van der Waals surface area contributed by atoms with Crippen LogP contribution in [0, 0.1) is 0 Å². The molecule has 1 heterocycles. The van der Waals surface area contributed by atoms with E-state index >= 15 is 0 Å². The van der Waals surface area contributed by atoms with E-state index in [0.717, 1.165) is 0 Å². The van der Waals surface area contributed by atoms with E-state index in [1.807, 2.05) is 0 Å². The Morgan fingerprint density at radius 3 is 2.67 bits per heavy atom. The van der Waals surface area contributed by atoms with Gasteiger partial charge in [-0.05, 0) is 0 Å². The average molecular weight is 310 g/mol. The number of nitrogens with two attached hydrogens (primary N) is 1. The summed E-state index contributed by atoms with van der Waals surface area (Å²) in [7, 11) is 0. The second-order valence-corrected chi connectivity index (χ2v) is 3.28. The minimum atomic E-state index is -1.08. The molecule has 1 amide bonds. The molecule has 1 aromatic rings. The van der Waals surface area contributed by atoms with Gasteiger partial charge in [-0.2, -0.15) is 0 Å². The van der Waals surface area contributed by atoms with Gasteiger partial charge in [0, 0.05) is 50.8 Å². The third-order valence-corrected chi connectivity index (χ3v) is 1.98. The predicted molar refractivity (Wildman–Crippen MR) is 59.1 cm³/mol. The van der Waals surface area contributed by atoms with Crippen LogP contribution in [-0.2, 0) is 35.5 Å². The van der Waals surface area contributed by atoms with Crippen LogP contribution in [0.25, 0.3) is 0 Å². The largest absolute Gasteiger partial charge is 0.480 e. The fraction of sp³-hybridized carbons (Fsp3) is 0.444. The molecule has 0 saturated carbocycles. The van der Waals surface area contributed by atoms with E-state index in [2.05, 4.69) is 15.3 Å². The molecule has 0 spiro atoms. The van der Waals surface area contributed by atoms with E-state index in [-0.39, 0.29) is 50.2 Å². The Labute approximate surface area is 116 Å². The first-order valence-electron chi connectivity index (χ1n) is 4.83. The first-order valence-corrected chi connectivity index (χ1v) is 4.83. The van der Waals surface area contributed by atoms with Gasteiger partial charge in [0.15, 0.2) is 0 Å². The van der Waals surface area contributed by atoms with Crippen molar-refractivity contribution in [2.24, 2.45) is 5.73 Å². The van der Waals surface area contributed by atoms with Crippen LogP contribution < -0.4 is 11.1 Å². The Kier molecular flexibility index (Phi) is 10.3. The van der Waals surface area contributed by atoms with Gasteiger partial charge in [-0.1, -0.05) is 0 Å². The van der Waals surface area contributed by atoms with E-state index in [1.165, 1.54) is 12.5 Å². The number of rotatable bonds is 6. The summed E-state index contributed by atoms with van der Waals surface area (Å²) in [6.45, 7) is 0.197. The van der Waals surface area contributed by atoms with Crippen molar-refractivity contribution in [3.05, 3.63) is 18.2 Å². The van der Waals surface area contributed by atoms with E-state index in [0.29, 0.717) is 5.69 Å². The number of carbonyl (C=O) groups is 2. The van der Waals surface area contributed by atoms with Crippen molar-refractivity contribution in [1.29, 1.82) is 0 Å². The number of hydrogen-bond acceptors (Lipinski definition) is 4. The number of nitrogens with one attached hydrogen (secondary N) is 2. The summed E-state index contributed by atoms with van der Waals surface area (Å²) in [6, 6.07) is -0.959. The molecule has 0 bridgehead atoms. The Hall–Kier alpha value is -1.31. The zero-order chi connectivity index (χ0) is 12.0. The molecule has 18 heavy (non-hydrogen) atoms. The number of carbonyl (C=O) groups excluding carboxylic acids is 1. The van der Waals surface area contributed by atoms with Crippen LogP contribution in [0.1, 0.15) is 12.1 Å². The zero-order valence-electron chi connectivity index (χ0n) is 9.85. The fourth-order valence-electron chi connectivity index (χ4n) is 1.21.